The van der Waals surface area contributed by atoms with Crippen LogP contribution in [0.25, 0.3) is 5.69 Å². The zero-order chi connectivity index (χ0) is 14.7. The van der Waals surface area contributed by atoms with Crippen LogP contribution in [0.5, 0.6) is 0 Å². The third-order valence-electron chi connectivity index (χ3n) is 3.15. The molecule has 5 heteroatoms. The molecular formula is C16H13BrClN3. The van der Waals surface area contributed by atoms with Crippen LogP contribution in [-0.2, 0) is 6.54 Å². The van der Waals surface area contributed by atoms with E-state index < -0.39 is 0 Å². The number of benzene rings is 2. The Bertz CT molecular complexity index is 741. The van der Waals surface area contributed by atoms with E-state index >= 15 is 0 Å². The number of aromatic nitrogens is 2. The Morgan fingerprint density at radius 2 is 2.05 bits per heavy atom. The Balaban J connectivity index is 1.81. The van der Waals surface area contributed by atoms with Crippen LogP contribution < -0.4 is 5.32 Å². The van der Waals surface area contributed by atoms with Crippen molar-refractivity contribution in [2.45, 2.75) is 6.54 Å². The van der Waals surface area contributed by atoms with E-state index in [1.54, 1.807) is 12.5 Å². The van der Waals surface area contributed by atoms with Gasteiger partial charge < -0.3 is 9.88 Å². The highest BCUT2D eigenvalue weighted by Gasteiger charge is 2.04. The molecule has 1 heterocycles. The second-order valence-electron chi connectivity index (χ2n) is 4.59. The molecule has 0 saturated heterocycles. The van der Waals surface area contributed by atoms with Gasteiger partial charge in [0.2, 0.25) is 0 Å². The van der Waals surface area contributed by atoms with E-state index in [0.29, 0.717) is 6.54 Å². The normalized spacial score (nSPS) is 10.6. The molecule has 3 nitrogen and oxygen atoms in total. The maximum atomic E-state index is 6.12. The summed E-state index contributed by atoms with van der Waals surface area (Å²) in [6.45, 7) is 0.707. The maximum Gasteiger partial charge on any atom is 0.0992 e. The van der Waals surface area contributed by atoms with Crippen LogP contribution in [0, 0.1) is 0 Å². The molecule has 3 rings (SSSR count). The first-order valence-electron chi connectivity index (χ1n) is 6.49. The van der Waals surface area contributed by atoms with E-state index in [-0.39, 0.29) is 0 Å². The average molecular weight is 363 g/mol. The van der Waals surface area contributed by atoms with Gasteiger partial charge in [0.05, 0.1) is 22.7 Å². The summed E-state index contributed by atoms with van der Waals surface area (Å²) in [7, 11) is 0. The lowest BCUT2D eigenvalue weighted by atomic mass is 10.2. The summed E-state index contributed by atoms with van der Waals surface area (Å²) < 4.78 is 2.89. The van der Waals surface area contributed by atoms with Gasteiger partial charge in [-0.05, 0) is 45.8 Å². The molecule has 0 aliphatic rings. The van der Waals surface area contributed by atoms with Gasteiger partial charge in [-0.25, -0.2) is 4.98 Å². The number of hydrogen-bond acceptors (Lipinski definition) is 2. The van der Waals surface area contributed by atoms with E-state index in [2.05, 4.69) is 38.4 Å². The molecule has 2 aromatic carbocycles. The molecule has 3 aromatic rings. The van der Waals surface area contributed by atoms with Gasteiger partial charge in [-0.1, -0.05) is 29.8 Å². The zero-order valence-electron chi connectivity index (χ0n) is 11.1. The Hall–Kier alpha value is -1.78. The number of hydrogen-bond donors (Lipinski definition) is 1. The standard InChI is InChI=1S/C16H13BrClN3/c17-13-6-5-12(9-14(13)18)10-20-15-3-1-2-4-16(15)21-8-7-19-11-21/h1-9,11,20H,10H2. The fraction of sp³-hybridized carbons (Fsp3) is 0.0625. The van der Waals surface area contributed by atoms with Gasteiger partial charge in [0.15, 0.2) is 0 Å². The molecule has 0 unspecified atom stereocenters. The van der Waals surface area contributed by atoms with Crippen molar-refractivity contribution in [3.63, 3.8) is 0 Å². The van der Waals surface area contributed by atoms with Crippen molar-refractivity contribution < 1.29 is 0 Å². The molecule has 0 fully saturated rings. The molecule has 0 amide bonds. The fourth-order valence-corrected chi connectivity index (χ4v) is 2.55. The molecule has 1 N–H and O–H groups in total. The number of anilines is 1. The maximum absolute atomic E-state index is 6.12. The lowest BCUT2D eigenvalue weighted by molar-refractivity contribution is 1.04. The minimum absolute atomic E-state index is 0.707. The van der Waals surface area contributed by atoms with Gasteiger partial charge >= 0.3 is 0 Å². The summed E-state index contributed by atoms with van der Waals surface area (Å²) in [4.78, 5) is 4.09. The summed E-state index contributed by atoms with van der Waals surface area (Å²) in [6.07, 6.45) is 5.49. The summed E-state index contributed by atoms with van der Waals surface area (Å²) in [5.41, 5.74) is 3.25. The summed E-state index contributed by atoms with van der Waals surface area (Å²) in [5.74, 6) is 0. The van der Waals surface area contributed by atoms with Gasteiger partial charge in [-0.15, -0.1) is 0 Å². The minimum atomic E-state index is 0.707. The zero-order valence-corrected chi connectivity index (χ0v) is 13.5. The molecule has 1 aromatic heterocycles. The van der Waals surface area contributed by atoms with Crippen LogP contribution in [0.2, 0.25) is 5.02 Å². The van der Waals surface area contributed by atoms with Gasteiger partial charge in [-0.3, -0.25) is 0 Å². The van der Waals surface area contributed by atoms with Gasteiger partial charge in [0, 0.05) is 23.4 Å². The van der Waals surface area contributed by atoms with Crippen molar-refractivity contribution in [2.75, 3.05) is 5.32 Å². The molecule has 0 bridgehead atoms. The quantitative estimate of drug-likeness (QED) is 0.715. The fourth-order valence-electron chi connectivity index (χ4n) is 2.10. The van der Waals surface area contributed by atoms with Crippen molar-refractivity contribution in [2.24, 2.45) is 0 Å². The average Bonchev–Trinajstić information content (AvgIpc) is 3.03. The van der Waals surface area contributed by atoms with Crippen LogP contribution in [0.15, 0.2) is 65.7 Å². The first-order chi connectivity index (χ1) is 10.2. The van der Waals surface area contributed by atoms with Crippen molar-refractivity contribution >= 4 is 33.2 Å². The first-order valence-corrected chi connectivity index (χ1v) is 7.66. The number of para-hydroxylation sites is 2. The summed E-state index contributed by atoms with van der Waals surface area (Å²) in [5, 5.41) is 4.16. The van der Waals surface area contributed by atoms with Gasteiger partial charge in [-0.2, -0.15) is 0 Å². The molecule has 0 aliphatic carbocycles. The number of halogens is 2. The van der Waals surface area contributed by atoms with Crippen molar-refractivity contribution in [3.8, 4) is 5.69 Å². The molecule has 0 radical (unpaired) electrons. The SMILES string of the molecule is Clc1cc(CNc2ccccc2-n2ccnc2)ccc1Br. The molecule has 0 atom stereocenters. The first kappa shape index (κ1) is 14.2. The highest BCUT2D eigenvalue weighted by molar-refractivity contribution is 9.10. The van der Waals surface area contributed by atoms with Gasteiger partial charge in [0.1, 0.15) is 0 Å². The second kappa shape index (κ2) is 6.33. The Kier molecular flexibility index (Phi) is 4.27. The van der Waals surface area contributed by atoms with E-state index in [0.717, 1.165) is 26.4 Å². The number of nitrogens with zero attached hydrogens (tertiary/aromatic N) is 2. The summed E-state index contributed by atoms with van der Waals surface area (Å²) >= 11 is 9.52. The molecule has 106 valence electrons. The second-order valence-corrected chi connectivity index (χ2v) is 5.85. The molecule has 0 saturated carbocycles. The van der Waals surface area contributed by atoms with E-state index in [1.165, 1.54) is 0 Å². The predicted molar refractivity (Wildman–Crippen MR) is 90.0 cm³/mol. The van der Waals surface area contributed by atoms with Crippen LogP contribution >= 0.6 is 27.5 Å². The van der Waals surface area contributed by atoms with Crippen LogP contribution in [0.4, 0.5) is 5.69 Å². The third kappa shape index (κ3) is 3.28. The molecule has 0 spiro atoms. The molecule has 0 aliphatic heterocycles. The summed E-state index contributed by atoms with van der Waals surface area (Å²) in [6, 6.07) is 14.1. The number of rotatable bonds is 4. The highest BCUT2D eigenvalue weighted by Crippen LogP contribution is 2.25. The number of imidazole rings is 1. The lowest BCUT2D eigenvalue weighted by Gasteiger charge is -2.13. The van der Waals surface area contributed by atoms with Crippen molar-refractivity contribution in [3.05, 3.63) is 76.2 Å². The Morgan fingerprint density at radius 3 is 2.81 bits per heavy atom. The van der Waals surface area contributed by atoms with Gasteiger partial charge in [0.25, 0.3) is 0 Å². The van der Waals surface area contributed by atoms with Crippen LogP contribution in [-0.4, -0.2) is 9.55 Å². The van der Waals surface area contributed by atoms with Crippen molar-refractivity contribution in [1.29, 1.82) is 0 Å². The molecular weight excluding hydrogens is 350 g/mol. The van der Waals surface area contributed by atoms with E-state index in [4.69, 9.17) is 11.6 Å². The minimum Gasteiger partial charge on any atom is -0.379 e. The smallest absolute Gasteiger partial charge is 0.0992 e. The number of nitrogens with one attached hydrogen (secondary N) is 1. The monoisotopic (exact) mass is 361 g/mol. The largest absolute Gasteiger partial charge is 0.379 e. The highest BCUT2D eigenvalue weighted by atomic mass is 79.9. The molecule has 21 heavy (non-hydrogen) atoms. The third-order valence-corrected chi connectivity index (χ3v) is 4.39. The Morgan fingerprint density at radius 1 is 1.19 bits per heavy atom. The predicted octanol–water partition coefficient (Wildman–Crippen LogP) is 4.90. The van der Waals surface area contributed by atoms with E-state index in [9.17, 15) is 0 Å². The van der Waals surface area contributed by atoms with E-state index in [1.807, 2.05) is 41.1 Å². The van der Waals surface area contributed by atoms with Crippen LogP contribution in [0.1, 0.15) is 5.56 Å². The topological polar surface area (TPSA) is 29.9 Å². The Labute approximate surface area is 136 Å². The van der Waals surface area contributed by atoms with Crippen molar-refractivity contribution in [1.82, 2.24) is 9.55 Å². The van der Waals surface area contributed by atoms with Crippen LogP contribution in [0.3, 0.4) is 0 Å². The lowest BCUT2D eigenvalue weighted by Crippen LogP contribution is -2.03.